The van der Waals surface area contributed by atoms with E-state index in [-0.39, 0.29) is 30.3 Å². The molecule has 0 saturated carbocycles. The molecule has 4 heterocycles. The Labute approximate surface area is 236 Å². The lowest BCUT2D eigenvalue weighted by atomic mass is 9.88. The predicted molar refractivity (Wildman–Crippen MR) is 152 cm³/mol. The number of nitrogens with zero attached hydrogens (tertiary/aromatic N) is 5. The van der Waals surface area contributed by atoms with E-state index in [1.807, 2.05) is 11.7 Å². The highest BCUT2D eigenvalue weighted by Crippen LogP contribution is 2.34. The van der Waals surface area contributed by atoms with Gasteiger partial charge in [0.05, 0.1) is 17.1 Å². The molecule has 0 aliphatic carbocycles. The van der Waals surface area contributed by atoms with Gasteiger partial charge in [-0.2, -0.15) is 22.1 Å². The number of rotatable bonds is 7. The van der Waals surface area contributed by atoms with Crippen molar-refractivity contribution >= 4 is 45.3 Å². The van der Waals surface area contributed by atoms with Gasteiger partial charge in [0.25, 0.3) is 10.2 Å². The lowest BCUT2D eigenvalue weighted by Crippen LogP contribution is -2.49. The standard InChI is InChI=1S/C26H39N7O4S.ClH/c1-30(38(36,37)33-13-9-20(27)10-14-33)15-16-32-11-7-18(8-12-32)19-3-4-21-23(17-19)31(2)29-25(21)22-5-6-24(34)28-26(22)35;/h3-4,17-18,20,22H,5-16,27H2,1-2H3,(H,28,34,35);1H. The number of amides is 2. The third kappa shape index (κ3) is 6.31. The van der Waals surface area contributed by atoms with E-state index in [2.05, 4.69) is 33.5 Å². The van der Waals surface area contributed by atoms with Gasteiger partial charge >= 0.3 is 0 Å². The SMILES string of the molecule is CN(CCN1CCC(c2ccc3c(C4CCC(=O)NC4=O)nn(C)c3c2)CC1)S(=O)(=O)N1CCC(N)CC1.Cl. The third-order valence-corrected chi connectivity index (χ3v) is 10.5. The first kappa shape index (κ1) is 29.9. The largest absolute Gasteiger partial charge is 0.328 e. The van der Waals surface area contributed by atoms with Crippen LogP contribution in [0, 0.1) is 0 Å². The van der Waals surface area contributed by atoms with Gasteiger partial charge in [-0.15, -0.1) is 12.4 Å². The molecule has 13 heteroatoms. The number of hydrogen-bond donors (Lipinski definition) is 2. The van der Waals surface area contributed by atoms with Gasteiger partial charge in [-0.1, -0.05) is 12.1 Å². The maximum absolute atomic E-state index is 12.9. The van der Waals surface area contributed by atoms with Gasteiger partial charge in [-0.05, 0) is 62.7 Å². The maximum Gasteiger partial charge on any atom is 0.281 e. The zero-order chi connectivity index (χ0) is 27.0. The molecule has 1 unspecified atom stereocenters. The molecule has 3 saturated heterocycles. The van der Waals surface area contributed by atoms with Gasteiger partial charge in [-0.3, -0.25) is 19.6 Å². The minimum absolute atomic E-state index is 0. The molecule has 3 fully saturated rings. The van der Waals surface area contributed by atoms with Crippen molar-refractivity contribution in [3.05, 3.63) is 29.5 Å². The molecule has 1 aromatic carbocycles. The molecule has 0 bridgehead atoms. The minimum Gasteiger partial charge on any atom is -0.328 e. The summed E-state index contributed by atoms with van der Waals surface area (Å²) in [6.07, 6.45) is 4.25. The van der Waals surface area contributed by atoms with E-state index in [9.17, 15) is 18.0 Å². The zero-order valence-corrected chi connectivity index (χ0v) is 24.3. The van der Waals surface area contributed by atoms with Crippen LogP contribution in [-0.4, -0.2) is 95.9 Å². The predicted octanol–water partition coefficient (Wildman–Crippen LogP) is 1.29. The van der Waals surface area contributed by atoms with Crippen LogP contribution in [0.4, 0.5) is 0 Å². The van der Waals surface area contributed by atoms with Crippen LogP contribution in [0.2, 0.25) is 0 Å². The molecule has 5 rings (SSSR count). The van der Waals surface area contributed by atoms with Crippen molar-refractivity contribution in [2.24, 2.45) is 12.8 Å². The second kappa shape index (κ2) is 12.2. The quantitative estimate of drug-likeness (QED) is 0.471. The summed E-state index contributed by atoms with van der Waals surface area (Å²) in [5.41, 5.74) is 8.92. The smallest absolute Gasteiger partial charge is 0.281 e. The average molecular weight is 582 g/mol. The average Bonchev–Trinajstić information content (AvgIpc) is 3.23. The van der Waals surface area contributed by atoms with Gasteiger partial charge in [-0.25, -0.2) is 0 Å². The fourth-order valence-corrected chi connectivity index (χ4v) is 7.34. The van der Waals surface area contributed by atoms with Crippen LogP contribution in [0.5, 0.6) is 0 Å². The first-order chi connectivity index (χ1) is 18.1. The van der Waals surface area contributed by atoms with E-state index in [1.165, 1.54) is 9.87 Å². The van der Waals surface area contributed by atoms with Crippen molar-refractivity contribution in [2.45, 2.75) is 56.4 Å². The number of piperidine rings is 3. The van der Waals surface area contributed by atoms with Gasteiger partial charge < -0.3 is 10.6 Å². The first-order valence-electron chi connectivity index (χ1n) is 13.6. The van der Waals surface area contributed by atoms with Crippen LogP contribution in [0.15, 0.2) is 18.2 Å². The lowest BCUT2D eigenvalue weighted by molar-refractivity contribution is -0.134. The van der Waals surface area contributed by atoms with Crippen molar-refractivity contribution in [2.75, 3.05) is 46.3 Å². The van der Waals surface area contributed by atoms with Gasteiger partial charge in [0.2, 0.25) is 11.8 Å². The Bertz CT molecular complexity index is 1300. The summed E-state index contributed by atoms with van der Waals surface area (Å²) in [7, 11) is 0.122. The van der Waals surface area contributed by atoms with Gasteiger partial charge in [0, 0.05) is 58.1 Å². The van der Waals surface area contributed by atoms with Crippen LogP contribution < -0.4 is 11.1 Å². The first-order valence-corrected chi connectivity index (χ1v) is 15.0. The number of nitrogens with one attached hydrogen (secondary N) is 1. The fraction of sp³-hybridized carbons (Fsp3) is 0.654. The number of aromatic nitrogens is 2. The second-order valence-electron chi connectivity index (χ2n) is 11.0. The number of carbonyl (C=O) groups excluding carboxylic acids is 2. The number of fused-ring (bicyclic) bond motifs is 1. The molecule has 1 aromatic heterocycles. The molecule has 3 aliphatic rings. The molecule has 39 heavy (non-hydrogen) atoms. The summed E-state index contributed by atoms with van der Waals surface area (Å²) in [5, 5.41) is 8.06. The molecule has 3 aliphatic heterocycles. The summed E-state index contributed by atoms with van der Waals surface area (Å²) >= 11 is 0. The van der Waals surface area contributed by atoms with Crippen LogP contribution in [0.1, 0.15) is 61.6 Å². The number of likely N-dealkylation sites (N-methyl/N-ethyl adjacent to an activating group) is 1. The number of benzene rings is 1. The Morgan fingerprint density at radius 3 is 2.44 bits per heavy atom. The van der Waals surface area contributed by atoms with Crippen molar-refractivity contribution in [1.82, 2.24) is 28.6 Å². The van der Waals surface area contributed by atoms with Crippen LogP contribution in [0.25, 0.3) is 10.9 Å². The zero-order valence-electron chi connectivity index (χ0n) is 22.7. The van der Waals surface area contributed by atoms with Gasteiger partial charge in [0.1, 0.15) is 0 Å². The molecule has 216 valence electrons. The molecule has 3 N–H and O–H groups in total. The Morgan fingerprint density at radius 2 is 1.77 bits per heavy atom. The molecular weight excluding hydrogens is 542 g/mol. The third-order valence-electron chi connectivity index (χ3n) is 8.48. The van der Waals surface area contributed by atoms with Crippen molar-refractivity contribution in [1.29, 1.82) is 0 Å². The fourth-order valence-electron chi connectivity index (χ4n) is 5.96. The van der Waals surface area contributed by atoms with Crippen LogP contribution >= 0.6 is 12.4 Å². The van der Waals surface area contributed by atoms with E-state index in [4.69, 9.17) is 5.73 Å². The molecule has 11 nitrogen and oxygen atoms in total. The van der Waals surface area contributed by atoms with Crippen molar-refractivity contribution in [3.63, 3.8) is 0 Å². The number of imide groups is 1. The van der Waals surface area contributed by atoms with E-state index >= 15 is 0 Å². The number of likely N-dealkylation sites (tertiary alicyclic amines) is 1. The Kier molecular flexibility index (Phi) is 9.34. The highest BCUT2D eigenvalue weighted by molar-refractivity contribution is 7.86. The maximum atomic E-state index is 12.9. The summed E-state index contributed by atoms with van der Waals surface area (Å²) in [5.74, 6) is -0.472. The Morgan fingerprint density at radius 1 is 1.08 bits per heavy atom. The molecule has 2 amide bonds. The highest BCUT2D eigenvalue weighted by atomic mass is 35.5. The monoisotopic (exact) mass is 581 g/mol. The number of aryl methyl sites for hydroxylation is 1. The molecule has 0 spiro atoms. The number of hydrogen-bond acceptors (Lipinski definition) is 7. The summed E-state index contributed by atoms with van der Waals surface area (Å²) in [6.45, 7) is 4.01. The Balaban J connectivity index is 0.00000353. The second-order valence-corrected chi connectivity index (χ2v) is 13.0. The molecule has 0 radical (unpaired) electrons. The molecule has 1 atom stereocenters. The lowest BCUT2D eigenvalue weighted by Gasteiger charge is -2.35. The van der Waals surface area contributed by atoms with Gasteiger partial charge in [0.15, 0.2) is 0 Å². The van der Waals surface area contributed by atoms with E-state index in [0.29, 0.717) is 57.8 Å². The Hall–Kier alpha value is -2.09. The summed E-state index contributed by atoms with van der Waals surface area (Å²) in [6, 6.07) is 6.49. The molecular formula is C26H40ClN7O4S. The normalized spacial score (nSPS) is 22.8. The summed E-state index contributed by atoms with van der Waals surface area (Å²) < 4.78 is 30.7. The van der Waals surface area contributed by atoms with E-state index < -0.39 is 16.1 Å². The van der Waals surface area contributed by atoms with E-state index in [0.717, 1.165) is 42.5 Å². The van der Waals surface area contributed by atoms with Crippen LogP contribution in [0.3, 0.4) is 0 Å². The topological polar surface area (TPSA) is 134 Å². The van der Waals surface area contributed by atoms with Crippen LogP contribution in [-0.2, 0) is 26.8 Å². The highest BCUT2D eigenvalue weighted by Gasteiger charge is 2.33. The number of halogens is 1. The number of nitrogens with two attached hydrogens (primary N) is 1. The minimum atomic E-state index is -3.44. The van der Waals surface area contributed by atoms with Crippen molar-refractivity contribution < 1.29 is 18.0 Å². The molecule has 2 aromatic rings. The van der Waals surface area contributed by atoms with E-state index in [1.54, 1.807) is 11.4 Å². The van der Waals surface area contributed by atoms with Crippen molar-refractivity contribution in [3.8, 4) is 0 Å². The summed E-state index contributed by atoms with van der Waals surface area (Å²) in [4.78, 5) is 26.3. The number of carbonyl (C=O) groups is 2.